The van der Waals surface area contributed by atoms with E-state index in [1.54, 1.807) is 20.3 Å². The molecule has 3 aromatic carbocycles. The lowest BCUT2D eigenvalue weighted by atomic mass is 10.00. The smallest absolute Gasteiger partial charge is 0.138 e. The van der Waals surface area contributed by atoms with Crippen molar-refractivity contribution in [2.45, 2.75) is 0 Å². The minimum atomic E-state index is 0.442. The fourth-order valence-electron chi connectivity index (χ4n) is 2.81. The molecule has 0 bridgehead atoms. The summed E-state index contributed by atoms with van der Waals surface area (Å²) in [6, 6.07) is 14.0. The molecule has 3 rings (SSSR count). The maximum absolute atomic E-state index is 5.81. The van der Waals surface area contributed by atoms with Crippen LogP contribution in [0.3, 0.4) is 0 Å². The Balaban J connectivity index is 2.47. The number of benzene rings is 3. The quantitative estimate of drug-likeness (QED) is 0.509. The Hall–Kier alpha value is -2.68. The number of rotatable bonds is 5. The third kappa shape index (κ3) is 2.15. The molecule has 22 heavy (non-hydrogen) atoms. The average Bonchev–Trinajstić information content (AvgIpc) is 2.57. The van der Waals surface area contributed by atoms with Crippen molar-refractivity contribution in [3.8, 4) is 17.2 Å². The zero-order valence-corrected chi connectivity index (χ0v) is 12.8. The van der Waals surface area contributed by atoms with E-state index in [0.717, 1.165) is 38.8 Å². The Morgan fingerprint density at radius 1 is 0.864 bits per heavy atom. The molecule has 0 saturated heterocycles. The van der Waals surface area contributed by atoms with Gasteiger partial charge in [-0.15, -0.1) is 0 Å². The molecular weight excluding hydrogens is 276 g/mol. The molecule has 0 aliphatic rings. The fraction of sp³-hybridized carbons (Fsp3) is 0.158. The Labute approximate surface area is 129 Å². The minimum absolute atomic E-state index is 0.442. The van der Waals surface area contributed by atoms with E-state index in [4.69, 9.17) is 14.2 Å². The van der Waals surface area contributed by atoms with Crippen molar-refractivity contribution >= 4 is 21.5 Å². The fourth-order valence-corrected chi connectivity index (χ4v) is 2.81. The molecule has 0 aliphatic heterocycles. The first-order valence-corrected chi connectivity index (χ1v) is 7.11. The molecule has 0 fully saturated rings. The van der Waals surface area contributed by atoms with Crippen molar-refractivity contribution in [2.24, 2.45) is 0 Å². The van der Waals surface area contributed by atoms with E-state index in [2.05, 4.69) is 6.58 Å². The van der Waals surface area contributed by atoms with Gasteiger partial charge in [0.2, 0.25) is 0 Å². The lowest BCUT2D eigenvalue weighted by Gasteiger charge is -2.17. The second-order valence-electron chi connectivity index (χ2n) is 4.89. The van der Waals surface area contributed by atoms with Crippen LogP contribution in [0.25, 0.3) is 21.5 Å². The molecule has 0 unspecified atom stereocenters. The van der Waals surface area contributed by atoms with Gasteiger partial charge in [0.25, 0.3) is 0 Å². The number of methoxy groups -OCH3 is 2. The topological polar surface area (TPSA) is 27.7 Å². The van der Waals surface area contributed by atoms with E-state index in [-0.39, 0.29) is 0 Å². The van der Waals surface area contributed by atoms with Gasteiger partial charge in [0.15, 0.2) is 0 Å². The van der Waals surface area contributed by atoms with Crippen LogP contribution >= 0.6 is 0 Å². The van der Waals surface area contributed by atoms with Crippen molar-refractivity contribution in [1.29, 1.82) is 0 Å². The number of hydrogen-bond donors (Lipinski definition) is 0. The molecule has 0 heterocycles. The van der Waals surface area contributed by atoms with Crippen LogP contribution in [0.2, 0.25) is 0 Å². The highest BCUT2D eigenvalue weighted by atomic mass is 16.5. The van der Waals surface area contributed by atoms with Gasteiger partial charge >= 0.3 is 0 Å². The molecule has 112 valence electrons. The molecule has 3 aromatic rings. The highest BCUT2D eigenvalue weighted by Gasteiger charge is 2.17. The first-order valence-electron chi connectivity index (χ1n) is 7.11. The largest absolute Gasteiger partial charge is 0.495 e. The van der Waals surface area contributed by atoms with Crippen molar-refractivity contribution < 1.29 is 14.2 Å². The van der Waals surface area contributed by atoms with E-state index < -0.39 is 0 Å². The van der Waals surface area contributed by atoms with E-state index in [0.29, 0.717) is 6.61 Å². The van der Waals surface area contributed by atoms with Crippen LogP contribution in [-0.2, 0) is 0 Å². The van der Waals surface area contributed by atoms with E-state index in [1.807, 2.05) is 42.5 Å². The average molecular weight is 294 g/mol. The number of hydrogen-bond acceptors (Lipinski definition) is 3. The predicted molar refractivity (Wildman–Crippen MR) is 90.3 cm³/mol. The van der Waals surface area contributed by atoms with Crippen LogP contribution in [-0.4, -0.2) is 20.8 Å². The van der Waals surface area contributed by atoms with Crippen molar-refractivity contribution in [1.82, 2.24) is 0 Å². The van der Waals surface area contributed by atoms with Crippen molar-refractivity contribution in [3.05, 3.63) is 55.1 Å². The summed E-state index contributed by atoms with van der Waals surface area (Å²) in [4.78, 5) is 0. The van der Waals surface area contributed by atoms with Crippen molar-refractivity contribution in [2.75, 3.05) is 20.8 Å². The van der Waals surface area contributed by atoms with Crippen LogP contribution in [0.4, 0.5) is 0 Å². The number of fused-ring (bicyclic) bond motifs is 2. The van der Waals surface area contributed by atoms with Gasteiger partial charge in [0, 0.05) is 16.2 Å². The Morgan fingerprint density at radius 2 is 1.50 bits per heavy atom. The van der Waals surface area contributed by atoms with Crippen LogP contribution in [0.1, 0.15) is 0 Å². The van der Waals surface area contributed by atoms with Gasteiger partial charge in [-0.3, -0.25) is 0 Å². The molecule has 0 radical (unpaired) electrons. The van der Waals surface area contributed by atoms with Gasteiger partial charge in [0.1, 0.15) is 23.9 Å². The minimum Gasteiger partial charge on any atom is -0.495 e. The van der Waals surface area contributed by atoms with Gasteiger partial charge in [-0.1, -0.05) is 49.1 Å². The zero-order chi connectivity index (χ0) is 15.5. The third-order valence-corrected chi connectivity index (χ3v) is 3.68. The molecule has 0 amide bonds. The van der Waals surface area contributed by atoms with Crippen molar-refractivity contribution in [3.63, 3.8) is 0 Å². The van der Waals surface area contributed by atoms with Crippen LogP contribution in [0.15, 0.2) is 55.1 Å². The molecule has 0 aromatic heterocycles. The summed E-state index contributed by atoms with van der Waals surface area (Å²) >= 11 is 0. The van der Waals surface area contributed by atoms with Gasteiger partial charge in [-0.2, -0.15) is 0 Å². The molecule has 0 N–H and O–H groups in total. The maximum Gasteiger partial charge on any atom is 0.138 e. The molecule has 0 spiro atoms. The molecule has 0 aliphatic carbocycles. The lowest BCUT2D eigenvalue weighted by molar-refractivity contribution is 0.364. The van der Waals surface area contributed by atoms with Gasteiger partial charge in [0.05, 0.1) is 19.6 Å². The summed E-state index contributed by atoms with van der Waals surface area (Å²) in [7, 11) is 3.36. The normalized spacial score (nSPS) is 10.6. The molecule has 3 heteroatoms. The molecular formula is C19H18O3. The van der Waals surface area contributed by atoms with Crippen LogP contribution < -0.4 is 14.2 Å². The monoisotopic (exact) mass is 294 g/mol. The highest BCUT2D eigenvalue weighted by Crippen LogP contribution is 2.45. The van der Waals surface area contributed by atoms with E-state index in [1.165, 1.54) is 0 Å². The second-order valence-corrected chi connectivity index (χ2v) is 4.89. The van der Waals surface area contributed by atoms with Gasteiger partial charge < -0.3 is 14.2 Å². The SMILES string of the molecule is C=CCOc1cccc2c(OC)c3ccccc3c(OC)c12. The Morgan fingerprint density at radius 3 is 2.14 bits per heavy atom. The summed E-state index contributed by atoms with van der Waals surface area (Å²) in [6.07, 6.45) is 1.73. The first-order chi connectivity index (χ1) is 10.8. The molecule has 0 saturated carbocycles. The van der Waals surface area contributed by atoms with E-state index >= 15 is 0 Å². The highest BCUT2D eigenvalue weighted by molar-refractivity contribution is 6.13. The van der Waals surface area contributed by atoms with Crippen LogP contribution in [0.5, 0.6) is 17.2 Å². The summed E-state index contributed by atoms with van der Waals surface area (Å²) in [5.41, 5.74) is 0. The Kier molecular flexibility index (Phi) is 3.88. The summed E-state index contributed by atoms with van der Waals surface area (Å²) < 4.78 is 17.2. The maximum atomic E-state index is 5.81. The lowest BCUT2D eigenvalue weighted by Crippen LogP contribution is -1.97. The second kappa shape index (κ2) is 5.98. The number of ether oxygens (including phenoxy) is 3. The molecule has 3 nitrogen and oxygen atoms in total. The van der Waals surface area contributed by atoms with Crippen LogP contribution in [0, 0.1) is 0 Å². The first kappa shape index (κ1) is 14.3. The Bertz CT molecular complexity index is 837. The van der Waals surface area contributed by atoms with Gasteiger partial charge in [-0.05, 0) is 6.07 Å². The standard InChI is InChI=1S/C19H18O3/c1-4-12-22-16-11-7-10-15-17(16)19(21-3)14-9-6-5-8-13(14)18(15)20-2/h4-11H,1,12H2,2-3H3. The predicted octanol–water partition coefficient (Wildman–Crippen LogP) is 4.58. The zero-order valence-electron chi connectivity index (χ0n) is 12.8. The summed E-state index contributed by atoms with van der Waals surface area (Å²) in [5.74, 6) is 2.39. The summed E-state index contributed by atoms with van der Waals surface area (Å²) in [6.45, 7) is 4.14. The molecule has 0 atom stereocenters. The van der Waals surface area contributed by atoms with Gasteiger partial charge in [-0.25, -0.2) is 0 Å². The third-order valence-electron chi connectivity index (χ3n) is 3.68. The van der Waals surface area contributed by atoms with E-state index in [9.17, 15) is 0 Å². The summed E-state index contributed by atoms with van der Waals surface area (Å²) in [5, 5.41) is 3.92.